The third-order valence-corrected chi connectivity index (χ3v) is 12.8. The van der Waals surface area contributed by atoms with Crippen molar-refractivity contribution in [2.24, 2.45) is 48.0 Å². The van der Waals surface area contributed by atoms with Crippen LogP contribution in [0.1, 0.15) is 194 Å². The lowest BCUT2D eigenvalue weighted by atomic mass is 9.71. The first-order valence-electron chi connectivity index (χ1n) is 23.7. The first kappa shape index (κ1) is 53.8. The number of hydrogen-bond donors (Lipinski definition) is 0. The maximum absolute atomic E-state index is 12.8. The highest BCUT2D eigenvalue weighted by molar-refractivity contribution is 5.80. The van der Waals surface area contributed by atoms with E-state index >= 15 is 0 Å². The first-order valence-corrected chi connectivity index (χ1v) is 23.7. The Morgan fingerprint density at radius 1 is 0.754 bits per heavy atom. The molecule has 2 aliphatic carbocycles. The van der Waals surface area contributed by atoms with Crippen LogP contribution in [-0.2, 0) is 13.5 Å². The minimum absolute atomic E-state index is 0.122. The summed E-state index contributed by atoms with van der Waals surface area (Å²) in [5.41, 5.74) is 8.11. The van der Waals surface area contributed by atoms with Crippen LogP contribution >= 0.6 is 0 Å². The van der Waals surface area contributed by atoms with Gasteiger partial charge in [-0.1, -0.05) is 146 Å². The lowest BCUT2D eigenvalue weighted by molar-refractivity contribution is -0.203. The molecule has 2 saturated carbocycles. The molecule has 0 saturated heterocycles. The Kier molecular flexibility index (Phi) is 23.3. The molecule has 4 aromatic rings. The van der Waals surface area contributed by atoms with Gasteiger partial charge in [-0.3, -0.25) is 9.67 Å². The van der Waals surface area contributed by atoms with Crippen LogP contribution in [0, 0.1) is 54.8 Å². The second-order valence-electron chi connectivity index (χ2n) is 20.3. The molecule has 5 nitrogen and oxygen atoms in total. The lowest BCUT2D eigenvalue weighted by Gasteiger charge is -2.35. The Morgan fingerprint density at radius 2 is 1.36 bits per heavy atom. The van der Waals surface area contributed by atoms with Crippen LogP contribution in [0.3, 0.4) is 0 Å². The summed E-state index contributed by atoms with van der Waals surface area (Å²) in [6, 6.07) is 12.2. The summed E-state index contributed by atoms with van der Waals surface area (Å²) in [6.45, 7) is 30.3. The molecule has 3 aromatic heterocycles. The van der Waals surface area contributed by atoms with Crippen LogP contribution in [0.2, 0.25) is 0 Å². The van der Waals surface area contributed by atoms with Gasteiger partial charge >= 0.3 is 6.18 Å². The molecule has 0 amide bonds. The van der Waals surface area contributed by atoms with E-state index in [1.807, 2.05) is 48.4 Å². The number of aromatic nitrogens is 5. The van der Waals surface area contributed by atoms with Crippen LogP contribution in [0.15, 0.2) is 55.1 Å². The predicted molar refractivity (Wildman–Crippen MR) is 254 cm³/mol. The number of para-hydroxylation sites is 1. The van der Waals surface area contributed by atoms with E-state index in [0.717, 1.165) is 55.7 Å². The number of benzene rings is 1. The maximum atomic E-state index is 12.8. The summed E-state index contributed by atoms with van der Waals surface area (Å²) in [5, 5.41) is 5.55. The minimum atomic E-state index is -4.00. The fourth-order valence-electron chi connectivity index (χ4n) is 9.31. The molecule has 6 rings (SSSR count). The molecule has 61 heavy (non-hydrogen) atoms. The minimum Gasteiger partial charge on any atom is -0.272 e. The number of hydrogen-bond acceptors (Lipinski definition) is 4. The van der Waals surface area contributed by atoms with Crippen molar-refractivity contribution in [3.63, 3.8) is 0 Å². The monoisotopic (exact) mass is 850 g/mol. The third kappa shape index (κ3) is 18.9. The number of fused-ring (bicyclic) bond motifs is 1. The predicted octanol–water partition coefficient (Wildman–Crippen LogP) is 16.2. The van der Waals surface area contributed by atoms with Crippen molar-refractivity contribution in [2.75, 3.05) is 0 Å². The lowest BCUT2D eigenvalue weighted by Crippen LogP contribution is -2.35. The molecule has 2 fully saturated rings. The van der Waals surface area contributed by atoms with Crippen LogP contribution in [-0.4, -0.2) is 30.9 Å². The van der Waals surface area contributed by atoms with Crippen molar-refractivity contribution in [2.45, 2.75) is 192 Å². The van der Waals surface area contributed by atoms with Gasteiger partial charge in [-0.05, 0) is 122 Å². The molecule has 2 unspecified atom stereocenters. The summed E-state index contributed by atoms with van der Waals surface area (Å²) < 4.78 is 40.2. The Hall–Kier alpha value is -3.29. The van der Waals surface area contributed by atoms with Crippen molar-refractivity contribution in [3.8, 4) is 0 Å². The number of aryl methyl sites for hydroxylation is 2. The molecule has 2 atom stereocenters. The summed E-state index contributed by atoms with van der Waals surface area (Å²) in [7, 11) is 2.01. The van der Waals surface area contributed by atoms with Gasteiger partial charge in [-0.2, -0.15) is 18.3 Å². The fourth-order valence-corrected chi connectivity index (χ4v) is 9.31. The molecule has 0 N–H and O–H groups in total. The van der Waals surface area contributed by atoms with E-state index < -0.39 is 12.1 Å². The van der Waals surface area contributed by atoms with Gasteiger partial charge in [-0.25, -0.2) is 9.97 Å². The normalized spacial score (nSPS) is 16.5. The van der Waals surface area contributed by atoms with Gasteiger partial charge in [0, 0.05) is 30.5 Å². The van der Waals surface area contributed by atoms with E-state index in [0.29, 0.717) is 29.1 Å². The van der Waals surface area contributed by atoms with Gasteiger partial charge < -0.3 is 0 Å². The smallest absolute Gasteiger partial charge is 0.272 e. The second kappa shape index (κ2) is 26.4. The van der Waals surface area contributed by atoms with Gasteiger partial charge in [0.15, 0.2) is 0 Å². The standard InChI is InChI=1S/C11H19F3.C11H12N2.C11H22.C10H18N2.C10H15N/c1-8(2)10(11(12,13)14)9-6-4-3-5-7-9;1-8(2)11-9-5-3-4-6-10(9)12-7-13-11;1-10(2)9-11(3)7-5-4-6-8-11;1-7(2)6-10-8(3)11-12(5)9(10)4;1-8(2)9(3)10-5-4-6-11-7-10/h8-10H,3-7H2,1-2H3;3-8H,1-2H3;10H,4-9H2,1-3H3;7H,6H2,1-5H3;4-9H,1-3H3. The maximum Gasteiger partial charge on any atom is 0.392 e. The topological polar surface area (TPSA) is 56.5 Å². The number of rotatable bonds is 9. The average molecular weight is 850 g/mol. The average Bonchev–Trinajstić information content (AvgIpc) is 3.43. The Morgan fingerprint density at radius 3 is 1.84 bits per heavy atom. The first-order chi connectivity index (χ1) is 28.6. The van der Waals surface area contributed by atoms with Gasteiger partial charge in [0.2, 0.25) is 0 Å². The summed E-state index contributed by atoms with van der Waals surface area (Å²) in [6.07, 6.45) is 16.0. The van der Waals surface area contributed by atoms with Crippen molar-refractivity contribution >= 4 is 10.9 Å². The number of pyridine rings is 1. The molecule has 0 radical (unpaired) electrons. The molecule has 0 spiro atoms. The Labute approximate surface area is 371 Å². The highest BCUT2D eigenvalue weighted by Crippen LogP contribution is 2.43. The molecule has 0 aliphatic heterocycles. The van der Waals surface area contributed by atoms with Gasteiger partial charge in [0.25, 0.3) is 0 Å². The molecule has 0 bridgehead atoms. The van der Waals surface area contributed by atoms with Crippen LogP contribution in [0.4, 0.5) is 13.2 Å². The summed E-state index contributed by atoms with van der Waals surface area (Å²) in [5.74, 6) is 1.88. The Bertz CT molecular complexity index is 1760. The fraction of sp³-hybridized carbons (Fsp3) is 0.698. The van der Waals surface area contributed by atoms with E-state index in [1.165, 1.54) is 66.4 Å². The van der Waals surface area contributed by atoms with Crippen molar-refractivity contribution in [1.82, 2.24) is 24.7 Å². The number of alkyl halides is 3. The van der Waals surface area contributed by atoms with Crippen molar-refractivity contribution in [3.05, 3.63) is 83.3 Å². The van der Waals surface area contributed by atoms with E-state index in [9.17, 15) is 13.2 Å². The molecule has 344 valence electrons. The van der Waals surface area contributed by atoms with E-state index in [4.69, 9.17) is 0 Å². The molecular formula is C53H86F3N5. The van der Waals surface area contributed by atoms with Crippen LogP contribution < -0.4 is 0 Å². The second-order valence-corrected chi connectivity index (χ2v) is 20.3. The molecule has 3 heterocycles. The molecular weight excluding hydrogens is 764 g/mol. The highest BCUT2D eigenvalue weighted by atomic mass is 19.4. The van der Waals surface area contributed by atoms with Gasteiger partial charge in [-0.15, -0.1) is 0 Å². The van der Waals surface area contributed by atoms with Gasteiger partial charge in [0.05, 0.1) is 22.8 Å². The zero-order valence-electron chi connectivity index (χ0n) is 41.2. The summed E-state index contributed by atoms with van der Waals surface area (Å²) in [4.78, 5) is 12.6. The zero-order valence-corrected chi connectivity index (χ0v) is 41.2. The van der Waals surface area contributed by atoms with Gasteiger partial charge in [0.1, 0.15) is 6.33 Å². The SMILES string of the molecule is CC(C)C(C)c1cccnc1.CC(C)C(C1CCCCC1)C(F)(F)F.CC(C)CC1(C)CCCCC1.CC(C)c1ncnc2ccccc12.Cc1nn(C)c(C)c1CC(C)C. The van der Waals surface area contributed by atoms with Crippen LogP contribution in [0.5, 0.6) is 0 Å². The summed E-state index contributed by atoms with van der Waals surface area (Å²) >= 11 is 0. The molecule has 1 aromatic carbocycles. The molecule has 2 aliphatic rings. The van der Waals surface area contributed by atoms with Crippen molar-refractivity contribution < 1.29 is 13.2 Å². The molecule has 8 heteroatoms. The van der Waals surface area contributed by atoms with E-state index in [2.05, 4.69) is 115 Å². The highest BCUT2D eigenvalue weighted by Gasteiger charge is 2.46. The largest absolute Gasteiger partial charge is 0.392 e. The Balaban J connectivity index is 0.000000263. The number of halogens is 3. The van der Waals surface area contributed by atoms with Crippen molar-refractivity contribution in [1.29, 1.82) is 0 Å². The zero-order chi connectivity index (χ0) is 45.9. The van der Waals surface area contributed by atoms with Crippen LogP contribution in [0.25, 0.3) is 10.9 Å². The van der Waals surface area contributed by atoms with E-state index in [1.54, 1.807) is 20.2 Å². The quantitative estimate of drug-likeness (QED) is 0.168. The number of nitrogens with zero attached hydrogens (tertiary/aromatic N) is 5. The van der Waals surface area contributed by atoms with E-state index in [-0.39, 0.29) is 11.8 Å². The third-order valence-electron chi connectivity index (χ3n) is 12.8.